The summed E-state index contributed by atoms with van der Waals surface area (Å²) < 4.78 is 5.48. The summed E-state index contributed by atoms with van der Waals surface area (Å²) in [6, 6.07) is 26.1. The Hall–Kier alpha value is -2.52. The molecule has 25 heavy (non-hydrogen) atoms. The van der Waals surface area contributed by atoms with Crippen LogP contribution in [0.3, 0.4) is 0 Å². The van der Waals surface area contributed by atoms with Gasteiger partial charge in [-0.15, -0.1) is 0 Å². The van der Waals surface area contributed by atoms with Crippen molar-refractivity contribution in [2.75, 3.05) is 0 Å². The Morgan fingerprint density at radius 1 is 0.880 bits per heavy atom. The smallest absolute Gasteiger partial charge is 0.310 e. The summed E-state index contributed by atoms with van der Waals surface area (Å²) >= 11 is 1.69. The zero-order valence-corrected chi connectivity index (χ0v) is 15.0. The van der Waals surface area contributed by atoms with Crippen LogP contribution in [0, 0.1) is 6.92 Å². The standard InChI is InChI=1S/C22H20O2S/c1-17-11-13-20(14-12-17)25-21-10-6-5-9-19(21)16-24-22(23)15-18-7-3-2-4-8-18/h2-14H,15-16H2,1H3. The van der Waals surface area contributed by atoms with Gasteiger partial charge in [-0.05, 0) is 30.7 Å². The Kier molecular flexibility index (Phi) is 5.91. The molecule has 0 radical (unpaired) electrons. The van der Waals surface area contributed by atoms with E-state index in [9.17, 15) is 4.79 Å². The van der Waals surface area contributed by atoms with E-state index < -0.39 is 0 Å². The molecule has 2 nitrogen and oxygen atoms in total. The maximum absolute atomic E-state index is 12.1. The number of carbonyl (C=O) groups is 1. The van der Waals surface area contributed by atoms with E-state index >= 15 is 0 Å². The highest BCUT2D eigenvalue weighted by molar-refractivity contribution is 7.99. The third kappa shape index (κ3) is 5.23. The van der Waals surface area contributed by atoms with Crippen molar-refractivity contribution in [1.82, 2.24) is 0 Å². The first-order valence-electron chi connectivity index (χ1n) is 8.23. The van der Waals surface area contributed by atoms with Crippen molar-refractivity contribution in [1.29, 1.82) is 0 Å². The molecule has 126 valence electrons. The van der Waals surface area contributed by atoms with Crippen LogP contribution in [0.1, 0.15) is 16.7 Å². The van der Waals surface area contributed by atoms with Gasteiger partial charge in [0.25, 0.3) is 0 Å². The number of benzene rings is 3. The van der Waals surface area contributed by atoms with Crippen molar-refractivity contribution in [3.05, 3.63) is 95.6 Å². The average molecular weight is 348 g/mol. The van der Waals surface area contributed by atoms with Crippen molar-refractivity contribution in [3.8, 4) is 0 Å². The molecule has 0 heterocycles. The molecule has 0 N–H and O–H groups in total. The van der Waals surface area contributed by atoms with E-state index in [-0.39, 0.29) is 5.97 Å². The van der Waals surface area contributed by atoms with Crippen LogP contribution in [0.15, 0.2) is 88.7 Å². The van der Waals surface area contributed by atoms with Crippen molar-refractivity contribution in [2.45, 2.75) is 29.7 Å². The molecule has 3 rings (SSSR count). The minimum Gasteiger partial charge on any atom is -0.461 e. The lowest BCUT2D eigenvalue weighted by atomic mass is 10.1. The summed E-state index contributed by atoms with van der Waals surface area (Å²) in [7, 11) is 0. The molecule has 0 aromatic heterocycles. The number of hydrogen-bond donors (Lipinski definition) is 0. The summed E-state index contributed by atoms with van der Waals surface area (Å²) in [5.74, 6) is -0.207. The number of ether oxygens (including phenoxy) is 1. The second-order valence-electron chi connectivity index (χ2n) is 5.85. The summed E-state index contributed by atoms with van der Waals surface area (Å²) in [6.07, 6.45) is 0.300. The van der Waals surface area contributed by atoms with E-state index in [2.05, 4.69) is 37.3 Å². The molecule has 0 unspecified atom stereocenters. The highest BCUT2D eigenvalue weighted by Gasteiger charge is 2.08. The van der Waals surface area contributed by atoms with Gasteiger partial charge >= 0.3 is 5.97 Å². The molecule has 0 saturated heterocycles. The molecule has 0 aliphatic carbocycles. The third-order valence-electron chi connectivity index (χ3n) is 3.80. The van der Waals surface area contributed by atoms with E-state index in [1.807, 2.05) is 48.5 Å². The zero-order chi connectivity index (χ0) is 17.5. The van der Waals surface area contributed by atoms with Gasteiger partial charge in [0.1, 0.15) is 6.61 Å². The van der Waals surface area contributed by atoms with Crippen LogP contribution >= 0.6 is 11.8 Å². The molecule has 0 aliphatic rings. The van der Waals surface area contributed by atoms with Gasteiger partial charge in [0.05, 0.1) is 6.42 Å². The third-order valence-corrected chi connectivity index (χ3v) is 4.93. The minimum absolute atomic E-state index is 0.207. The Bertz CT molecular complexity index is 826. The molecule has 0 aliphatic heterocycles. The molecule has 0 saturated carbocycles. The fraction of sp³-hybridized carbons (Fsp3) is 0.136. The molecular weight excluding hydrogens is 328 g/mol. The molecule has 0 bridgehead atoms. The number of esters is 1. The van der Waals surface area contributed by atoms with Gasteiger partial charge in [0, 0.05) is 15.4 Å². The summed E-state index contributed by atoms with van der Waals surface area (Å²) in [6.45, 7) is 2.37. The van der Waals surface area contributed by atoms with Crippen LogP contribution in [-0.2, 0) is 22.6 Å². The SMILES string of the molecule is Cc1ccc(Sc2ccccc2COC(=O)Cc2ccccc2)cc1. The minimum atomic E-state index is -0.207. The number of aryl methyl sites for hydroxylation is 1. The summed E-state index contributed by atoms with van der Waals surface area (Å²) in [5, 5.41) is 0. The first-order valence-corrected chi connectivity index (χ1v) is 9.04. The van der Waals surface area contributed by atoms with Crippen molar-refractivity contribution in [2.24, 2.45) is 0 Å². The quantitative estimate of drug-likeness (QED) is 0.556. The first kappa shape index (κ1) is 17.3. The van der Waals surface area contributed by atoms with Gasteiger partial charge in [0.2, 0.25) is 0 Å². The average Bonchev–Trinajstić information content (AvgIpc) is 2.64. The highest BCUT2D eigenvalue weighted by Crippen LogP contribution is 2.31. The molecule has 3 heteroatoms. The van der Waals surface area contributed by atoms with E-state index in [1.54, 1.807) is 11.8 Å². The lowest BCUT2D eigenvalue weighted by molar-refractivity contribution is -0.144. The predicted octanol–water partition coefficient (Wildman–Crippen LogP) is 5.43. The Morgan fingerprint density at radius 3 is 2.32 bits per heavy atom. The van der Waals surface area contributed by atoms with Gasteiger partial charge in [-0.2, -0.15) is 0 Å². The van der Waals surface area contributed by atoms with Crippen LogP contribution in [0.25, 0.3) is 0 Å². The Labute approximate surface area is 152 Å². The number of carbonyl (C=O) groups excluding carboxylic acids is 1. The molecule has 3 aromatic carbocycles. The van der Waals surface area contributed by atoms with Gasteiger partial charge in [-0.1, -0.05) is 78.0 Å². The molecule has 0 spiro atoms. The largest absolute Gasteiger partial charge is 0.461 e. The normalized spacial score (nSPS) is 10.4. The first-order chi connectivity index (χ1) is 12.2. The van der Waals surface area contributed by atoms with Crippen LogP contribution in [0.5, 0.6) is 0 Å². The summed E-state index contributed by atoms with van der Waals surface area (Å²) in [4.78, 5) is 14.3. The van der Waals surface area contributed by atoms with Gasteiger partial charge in [-0.25, -0.2) is 0 Å². The zero-order valence-electron chi connectivity index (χ0n) is 14.1. The van der Waals surface area contributed by atoms with Crippen LogP contribution < -0.4 is 0 Å². The molecule has 0 atom stereocenters. The van der Waals surface area contributed by atoms with E-state index in [4.69, 9.17) is 4.74 Å². The second kappa shape index (κ2) is 8.54. The molecule has 3 aromatic rings. The van der Waals surface area contributed by atoms with Crippen LogP contribution in [0.4, 0.5) is 0 Å². The topological polar surface area (TPSA) is 26.3 Å². The predicted molar refractivity (Wildman–Crippen MR) is 102 cm³/mol. The lowest BCUT2D eigenvalue weighted by Gasteiger charge is -2.10. The summed E-state index contributed by atoms with van der Waals surface area (Å²) in [5.41, 5.74) is 3.23. The van der Waals surface area contributed by atoms with Crippen LogP contribution in [-0.4, -0.2) is 5.97 Å². The number of rotatable bonds is 6. The van der Waals surface area contributed by atoms with Crippen molar-refractivity contribution in [3.63, 3.8) is 0 Å². The monoisotopic (exact) mass is 348 g/mol. The maximum Gasteiger partial charge on any atom is 0.310 e. The molecule has 0 fully saturated rings. The lowest BCUT2D eigenvalue weighted by Crippen LogP contribution is -2.08. The highest BCUT2D eigenvalue weighted by atomic mass is 32.2. The van der Waals surface area contributed by atoms with Crippen molar-refractivity contribution >= 4 is 17.7 Å². The van der Waals surface area contributed by atoms with Gasteiger partial charge in [0.15, 0.2) is 0 Å². The second-order valence-corrected chi connectivity index (χ2v) is 6.96. The van der Waals surface area contributed by atoms with E-state index in [0.29, 0.717) is 13.0 Å². The number of hydrogen-bond acceptors (Lipinski definition) is 3. The molecule has 0 amide bonds. The van der Waals surface area contributed by atoms with Crippen LogP contribution in [0.2, 0.25) is 0 Å². The van der Waals surface area contributed by atoms with Crippen molar-refractivity contribution < 1.29 is 9.53 Å². The Balaban J connectivity index is 1.62. The Morgan fingerprint density at radius 2 is 1.56 bits per heavy atom. The van der Waals surface area contributed by atoms with Gasteiger partial charge in [-0.3, -0.25) is 4.79 Å². The van der Waals surface area contributed by atoms with Gasteiger partial charge < -0.3 is 4.74 Å². The fourth-order valence-electron chi connectivity index (χ4n) is 2.43. The van der Waals surface area contributed by atoms with E-state index in [1.165, 1.54) is 10.5 Å². The van der Waals surface area contributed by atoms with E-state index in [0.717, 1.165) is 16.0 Å². The fourth-order valence-corrected chi connectivity index (χ4v) is 3.36. The maximum atomic E-state index is 12.1. The molecular formula is C22H20O2S.